The Morgan fingerprint density at radius 2 is 1.86 bits per heavy atom. The number of hydrogen-bond donors (Lipinski definition) is 3. The minimum absolute atomic E-state index is 0.0446. The first kappa shape index (κ1) is 26.2. The van der Waals surface area contributed by atoms with Gasteiger partial charge in [0.2, 0.25) is 5.88 Å². The van der Waals surface area contributed by atoms with Gasteiger partial charge >= 0.3 is 12.0 Å². The van der Waals surface area contributed by atoms with Gasteiger partial charge in [-0.15, -0.1) is 16.9 Å². The number of aromatic nitrogens is 1. The van der Waals surface area contributed by atoms with E-state index in [0.29, 0.717) is 22.6 Å². The largest absolute Gasteiger partial charge is 0.493 e. The molecule has 0 radical (unpaired) electrons. The van der Waals surface area contributed by atoms with Gasteiger partial charge in [0, 0.05) is 33.3 Å². The number of hydrogen-bond acceptors (Lipinski definition) is 5. The highest BCUT2D eigenvalue weighted by atomic mass is 35.5. The van der Waals surface area contributed by atoms with Crippen molar-refractivity contribution in [2.24, 2.45) is 10.2 Å². The summed E-state index contributed by atoms with van der Waals surface area (Å²) in [5.41, 5.74) is 2.84. The molecular formula is C27H25ClN4O4S. The first-order chi connectivity index (χ1) is 17.9. The van der Waals surface area contributed by atoms with E-state index in [1.54, 1.807) is 52.7 Å². The van der Waals surface area contributed by atoms with Crippen molar-refractivity contribution in [3.63, 3.8) is 0 Å². The molecule has 1 heterocycles. The van der Waals surface area contributed by atoms with Crippen molar-refractivity contribution in [1.82, 2.24) is 4.57 Å². The average molecular weight is 537 g/mol. The zero-order chi connectivity index (χ0) is 26.4. The molecule has 0 spiro atoms. The van der Waals surface area contributed by atoms with E-state index >= 15 is 0 Å². The highest BCUT2D eigenvalue weighted by Gasteiger charge is 2.17. The molecule has 0 atom stereocenters. The van der Waals surface area contributed by atoms with Crippen LogP contribution in [0.4, 0.5) is 16.2 Å². The highest BCUT2D eigenvalue weighted by molar-refractivity contribution is 7.99. The van der Waals surface area contributed by atoms with E-state index in [1.807, 2.05) is 37.3 Å². The lowest BCUT2D eigenvalue weighted by atomic mass is 10.1. The number of aryl methyl sites for hydroxylation is 2. The predicted molar refractivity (Wildman–Crippen MR) is 147 cm³/mol. The number of nitrogens with zero attached hydrogens (tertiary/aromatic N) is 3. The van der Waals surface area contributed by atoms with Gasteiger partial charge in [-0.25, -0.2) is 9.59 Å². The summed E-state index contributed by atoms with van der Waals surface area (Å²) in [6.45, 7) is 2.60. The predicted octanol–water partition coefficient (Wildman–Crippen LogP) is 7.76. The van der Waals surface area contributed by atoms with Gasteiger partial charge in [-0.05, 0) is 66.9 Å². The van der Waals surface area contributed by atoms with Crippen molar-refractivity contribution < 1.29 is 19.8 Å². The van der Waals surface area contributed by atoms with Crippen molar-refractivity contribution in [1.29, 1.82) is 0 Å². The number of carboxylic acid groups (broad SMARTS) is 1. The molecule has 0 aliphatic heterocycles. The van der Waals surface area contributed by atoms with Gasteiger partial charge in [0.15, 0.2) is 5.69 Å². The van der Waals surface area contributed by atoms with Gasteiger partial charge in [-0.2, -0.15) is 0 Å². The molecule has 0 fully saturated rings. The molecule has 0 saturated carbocycles. The van der Waals surface area contributed by atoms with Crippen molar-refractivity contribution in [3.05, 3.63) is 82.9 Å². The second-order valence-electron chi connectivity index (χ2n) is 8.24. The number of thioether (sulfide) groups is 1. The van der Waals surface area contributed by atoms with Crippen LogP contribution in [0.3, 0.4) is 0 Å². The number of rotatable bonds is 9. The van der Waals surface area contributed by atoms with E-state index in [-0.39, 0.29) is 17.1 Å². The summed E-state index contributed by atoms with van der Waals surface area (Å²) in [6.07, 6.45) is 1.57. The average Bonchev–Trinajstić information content (AvgIpc) is 3.13. The number of nitrogens with one attached hydrogen (secondary N) is 1. The maximum atomic E-state index is 12.3. The fourth-order valence-electron chi connectivity index (χ4n) is 3.85. The molecule has 1 aromatic heterocycles. The maximum Gasteiger partial charge on any atom is 0.364 e. The molecule has 4 aromatic rings. The van der Waals surface area contributed by atoms with Crippen LogP contribution < -0.4 is 5.32 Å². The topological polar surface area (TPSA) is 116 Å². The summed E-state index contributed by atoms with van der Waals surface area (Å²) < 4.78 is 1.76. The second-order valence-corrected chi connectivity index (χ2v) is 9.85. The SMILES string of the molecule is CCCn1c(O)c(N=NC(=O)Nc2cccc(Cl)c2)c2cc(SCCc3ccc(C(=O)O)cc3)ccc21. The van der Waals surface area contributed by atoms with Gasteiger partial charge in [0.05, 0.1) is 11.1 Å². The van der Waals surface area contributed by atoms with Gasteiger partial charge in [-0.1, -0.05) is 41.8 Å². The van der Waals surface area contributed by atoms with Crippen LogP contribution in [-0.2, 0) is 13.0 Å². The van der Waals surface area contributed by atoms with E-state index in [1.165, 1.54) is 0 Å². The molecule has 2 amide bonds. The summed E-state index contributed by atoms with van der Waals surface area (Å²) >= 11 is 7.59. The lowest BCUT2D eigenvalue weighted by molar-refractivity contribution is 0.0697. The first-order valence-corrected chi connectivity index (χ1v) is 13.0. The molecule has 0 aliphatic rings. The van der Waals surface area contributed by atoms with Crippen LogP contribution in [0, 0.1) is 0 Å². The monoisotopic (exact) mass is 536 g/mol. The number of fused-ring (bicyclic) bond motifs is 1. The lowest BCUT2D eigenvalue weighted by Gasteiger charge is -2.06. The molecule has 0 unspecified atom stereocenters. The van der Waals surface area contributed by atoms with Crippen LogP contribution in [0.5, 0.6) is 5.88 Å². The third kappa shape index (κ3) is 6.49. The standard InChI is InChI=1S/C27H25ClN4O4S/c1-2-13-32-23-11-10-21(37-14-12-17-6-8-18(9-7-17)26(34)35)16-22(23)24(25(32)33)30-31-27(36)29-20-5-3-4-19(28)15-20/h3-11,15-16,33H,2,12-14H2,1H3,(H,29,36)(H,34,35). The molecule has 8 nitrogen and oxygen atoms in total. The van der Waals surface area contributed by atoms with E-state index in [0.717, 1.165) is 34.6 Å². The van der Waals surface area contributed by atoms with Gasteiger partial charge in [0.25, 0.3) is 0 Å². The van der Waals surface area contributed by atoms with Crippen molar-refractivity contribution in [2.75, 3.05) is 11.1 Å². The van der Waals surface area contributed by atoms with Gasteiger partial charge in [0.1, 0.15) is 0 Å². The van der Waals surface area contributed by atoms with E-state index in [2.05, 4.69) is 15.5 Å². The molecule has 0 aliphatic carbocycles. The Morgan fingerprint density at radius 1 is 1.08 bits per heavy atom. The number of azo groups is 1. The number of amides is 2. The molecule has 10 heteroatoms. The van der Waals surface area contributed by atoms with Crippen molar-refractivity contribution in [2.45, 2.75) is 31.2 Å². The number of halogens is 1. The summed E-state index contributed by atoms with van der Waals surface area (Å²) in [7, 11) is 0. The molecule has 0 saturated heterocycles. The van der Waals surface area contributed by atoms with Crippen LogP contribution in [0.25, 0.3) is 10.9 Å². The number of carbonyl (C=O) groups is 2. The van der Waals surface area contributed by atoms with Crippen LogP contribution in [0.15, 0.2) is 81.9 Å². The number of carboxylic acids is 1. The Bertz CT molecular complexity index is 1470. The molecule has 190 valence electrons. The summed E-state index contributed by atoms with van der Waals surface area (Å²) in [4.78, 5) is 24.3. The van der Waals surface area contributed by atoms with Crippen LogP contribution in [0.1, 0.15) is 29.3 Å². The highest BCUT2D eigenvalue weighted by Crippen LogP contribution is 2.41. The number of aromatic carboxylic acids is 1. The molecule has 3 N–H and O–H groups in total. The number of urea groups is 1. The van der Waals surface area contributed by atoms with E-state index < -0.39 is 12.0 Å². The molecule has 4 rings (SSSR count). The van der Waals surface area contributed by atoms with Gasteiger partial charge < -0.3 is 20.1 Å². The van der Waals surface area contributed by atoms with Crippen molar-refractivity contribution in [3.8, 4) is 5.88 Å². The number of aromatic hydroxyl groups is 1. The Balaban J connectivity index is 1.52. The van der Waals surface area contributed by atoms with E-state index in [9.17, 15) is 14.7 Å². The smallest absolute Gasteiger partial charge is 0.364 e. The minimum Gasteiger partial charge on any atom is -0.493 e. The Kier molecular flexibility index (Phi) is 8.47. The summed E-state index contributed by atoms with van der Waals surface area (Å²) in [6, 6.07) is 18.7. The fraction of sp³-hybridized carbons (Fsp3) is 0.185. The number of benzene rings is 3. The third-order valence-electron chi connectivity index (χ3n) is 5.61. The van der Waals surface area contributed by atoms with Crippen LogP contribution in [-0.4, -0.2) is 32.5 Å². The Labute approximate surface area is 223 Å². The fourth-order valence-corrected chi connectivity index (χ4v) is 4.98. The van der Waals surface area contributed by atoms with Crippen LogP contribution in [0.2, 0.25) is 5.02 Å². The van der Waals surface area contributed by atoms with Crippen LogP contribution >= 0.6 is 23.4 Å². The van der Waals surface area contributed by atoms with Crippen molar-refractivity contribution >= 4 is 57.6 Å². The normalized spacial score (nSPS) is 11.3. The zero-order valence-corrected chi connectivity index (χ0v) is 21.6. The summed E-state index contributed by atoms with van der Waals surface area (Å²) in [5.74, 6) is -0.211. The van der Waals surface area contributed by atoms with Gasteiger partial charge in [-0.3, -0.25) is 0 Å². The zero-order valence-electron chi connectivity index (χ0n) is 20.0. The maximum absolute atomic E-state index is 12.3. The second kappa shape index (κ2) is 11.9. The number of anilines is 1. The first-order valence-electron chi connectivity index (χ1n) is 11.6. The Hall–Kier alpha value is -3.82. The quantitative estimate of drug-likeness (QED) is 0.149. The van der Waals surface area contributed by atoms with E-state index in [4.69, 9.17) is 16.7 Å². The third-order valence-corrected chi connectivity index (χ3v) is 6.84. The summed E-state index contributed by atoms with van der Waals surface area (Å²) in [5, 5.41) is 31.6. The number of carbonyl (C=O) groups excluding carboxylic acids is 1. The lowest BCUT2D eigenvalue weighted by Crippen LogP contribution is -2.04. The molecule has 3 aromatic carbocycles. The Morgan fingerprint density at radius 3 is 2.57 bits per heavy atom. The molecular weight excluding hydrogens is 512 g/mol. The molecule has 0 bridgehead atoms. The minimum atomic E-state index is -0.942. The molecule has 37 heavy (non-hydrogen) atoms.